The van der Waals surface area contributed by atoms with Gasteiger partial charge in [0, 0.05) is 18.8 Å². The number of rotatable bonds is 8. The molecule has 0 radical (unpaired) electrons. The Hall–Kier alpha value is -3.84. The maximum Gasteiger partial charge on any atom is 0.341 e. The van der Waals surface area contributed by atoms with E-state index in [0.717, 1.165) is 23.4 Å². The highest BCUT2D eigenvalue weighted by Crippen LogP contribution is 2.29. The molecule has 7 heteroatoms. The van der Waals surface area contributed by atoms with Crippen molar-refractivity contribution in [1.29, 1.82) is 0 Å². The van der Waals surface area contributed by atoms with Gasteiger partial charge >= 0.3 is 11.9 Å². The summed E-state index contributed by atoms with van der Waals surface area (Å²) in [5, 5.41) is 16.8. The first kappa shape index (κ1) is 22.8. The van der Waals surface area contributed by atoms with Gasteiger partial charge in [0.2, 0.25) is 0 Å². The van der Waals surface area contributed by atoms with Crippen LogP contribution in [0.4, 0.5) is 5.69 Å². The van der Waals surface area contributed by atoms with Crippen LogP contribution in [0.1, 0.15) is 31.8 Å². The SMILES string of the molecule is CNCc1cccc(NCc2cc(C(=O)OC)cc(-c3ccc(C(=O)OC)c(O)c3)c2)c1. The van der Waals surface area contributed by atoms with Gasteiger partial charge in [0.1, 0.15) is 11.3 Å². The van der Waals surface area contributed by atoms with Crippen molar-refractivity contribution in [3.05, 3.63) is 82.9 Å². The van der Waals surface area contributed by atoms with Gasteiger partial charge in [-0.05, 0) is 71.8 Å². The molecule has 32 heavy (non-hydrogen) atoms. The summed E-state index contributed by atoms with van der Waals surface area (Å²) in [7, 11) is 4.48. The molecule has 7 nitrogen and oxygen atoms in total. The first-order valence-corrected chi connectivity index (χ1v) is 10.1. The van der Waals surface area contributed by atoms with Crippen molar-refractivity contribution in [3.8, 4) is 16.9 Å². The van der Waals surface area contributed by atoms with Crippen LogP contribution in [0.15, 0.2) is 60.7 Å². The van der Waals surface area contributed by atoms with Gasteiger partial charge in [-0.3, -0.25) is 0 Å². The molecule has 0 aliphatic heterocycles. The number of phenols is 1. The van der Waals surface area contributed by atoms with Crippen molar-refractivity contribution in [1.82, 2.24) is 5.32 Å². The molecule has 3 rings (SSSR count). The summed E-state index contributed by atoms with van der Waals surface area (Å²) in [6.45, 7) is 1.25. The number of carbonyl (C=O) groups excluding carboxylic acids is 2. The molecular weight excluding hydrogens is 408 g/mol. The van der Waals surface area contributed by atoms with Crippen LogP contribution in [-0.2, 0) is 22.6 Å². The van der Waals surface area contributed by atoms with Crippen LogP contribution in [0.25, 0.3) is 11.1 Å². The lowest BCUT2D eigenvalue weighted by Crippen LogP contribution is -2.07. The second-order valence-corrected chi connectivity index (χ2v) is 7.22. The maximum atomic E-state index is 12.2. The summed E-state index contributed by atoms with van der Waals surface area (Å²) in [5.41, 5.74) is 4.80. The quantitative estimate of drug-likeness (QED) is 0.462. The molecule has 0 aromatic heterocycles. The molecule has 0 atom stereocenters. The van der Waals surface area contributed by atoms with Crippen molar-refractivity contribution in [2.24, 2.45) is 0 Å². The lowest BCUT2D eigenvalue weighted by atomic mass is 9.98. The summed E-state index contributed by atoms with van der Waals surface area (Å²) >= 11 is 0. The summed E-state index contributed by atoms with van der Waals surface area (Å²) in [6, 6.07) is 18.1. The molecule has 0 bridgehead atoms. The van der Waals surface area contributed by atoms with E-state index < -0.39 is 11.9 Å². The Kier molecular flexibility index (Phi) is 7.46. The van der Waals surface area contributed by atoms with Crippen molar-refractivity contribution in [2.75, 3.05) is 26.6 Å². The Balaban J connectivity index is 1.92. The Morgan fingerprint density at radius 2 is 1.62 bits per heavy atom. The number of hydrogen-bond acceptors (Lipinski definition) is 7. The van der Waals surface area contributed by atoms with E-state index in [1.54, 1.807) is 18.2 Å². The molecule has 3 N–H and O–H groups in total. The minimum atomic E-state index is -0.622. The second kappa shape index (κ2) is 10.5. The normalized spacial score (nSPS) is 10.5. The predicted octanol–water partition coefficient (Wildman–Crippen LogP) is 3.96. The van der Waals surface area contributed by atoms with Crippen LogP contribution in [-0.4, -0.2) is 38.3 Å². The molecule has 0 saturated heterocycles. The van der Waals surface area contributed by atoms with E-state index in [1.165, 1.54) is 26.4 Å². The summed E-state index contributed by atoms with van der Waals surface area (Å²) in [5.74, 6) is -1.28. The smallest absolute Gasteiger partial charge is 0.341 e. The molecule has 3 aromatic carbocycles. The molecular formula is C25H26N2O5. The molecule has 0 saturated carbocycles. The van der Waals surface area contributed by atoms with Gasteiger partial charge in [-0.2, -0.15) is 0 Å². The van der Waals surface area contributed by atoms with Crippen LogP contribution in [0.3, 0.4) is 0 Å². The Bertz CT molecular complexity index is 1130. The molecule has 0 aliphatic carbocycles. The number of phenolic OH excluding ortho intramolecular Hbond substituents is 1. The van der Waals surface area contributed by atoms with Gasteiger partial charge in [0.05, 0.1) is 19.8 Å². The third kappa shape index (κ3) is 5.44. The Morgan fingerprint density at radius 3 is 2.31 bits per heavy atom. The van der Waals surface area contributed by atoms with Gasteiger partial charge in [0.25, 0.3) is 0 Å². The van der Waals surface area contributed by atoms with Crippen LogP contribution < -0.4 is 10.6 Å². The van der Waals surface area contributed by atoms with Gasteiger partial charge in [0.15, 0.2) is 0 Å². The van der Waals surface area contributed by atoms with Crippen molar-refractivity contribution in [3.63, 3.8) is 0 Å². The number of anilines is 1. The molecule has 0 heterocycles. The third-order valence-corrected chi connectivity index (χ3v) is 4.95. The lowest BCUT2D eigenvalue weighted by molar-refractivity contribution is 0.0590. The zero-order valence-electron chi connectivity index (χ0n) is 18.3. The van der Waals surface area contributed by atoms with Crippen LogP contribution >= 0.6 is 0 Å². The van der Waals surface area contributed by atoms with E-state index >= 15 is 0 Å². The van der Waals surface area contributed by atoms with E-state index in [0.29, 0.717) is 23.2 Å². The number of carbonyl (C=O) groups is 2. The van der Waals surface area contributed by atoms with E-state index in [9.17, 15) is 14.7 Å². The van der Waals surface area contributed by atoms with Crippen LogP contribution in [0, 0.1) is 0 Å². The first-order chi connectivity index (χ1) is 15.4. The minimum absolute atomic E-state index is 0.0729. The standard InChI is InChI=1S/C25H26N2O5/c1-26-14-16-5-4-6-21(11-16)27-15-17-9-19(12-20(10-17)24(29)31-2)18-7-8-22(23(28)13-18)25(30)32-3/h4-13,26-28H,14-15H2,1-3H3. The summed E-state index contributed by atoms with van der Waals surface area (Å²) in [6.07, 6.45) is 0. The van der Waals surface area contributed by atoms with Gasteiger partial charge < -0.3 is 25.2 Å². The second-order valence-electron chi connectivity index (χ2n) is 7.22. The monoisotopic (exact) mass is 434 g/mol. The summed E-state index contributed by atoms with van der Waals surface area (Å²) < 4.78 is 9.57. The molecule has 0 amide bonds. The maximum absolute atomic E-state index is 12.2. The van der Waals surface area contributed by atoms with Crippen LogP contribution in [0.5, 0.6) is 5.75 Å². The highest BCUT2D eigenvalue weighted by atomic mass is 16.5. The number of hydrogen-bond donors (Lipinski definition) is 3. The zero-order valence-corrected chi connectivity index (χ0v) is 18.3. The molecule has 3 aromatic rings. The summed E-state index contributed by atoms with van der Waals surface area (Å²) in [4.78, 5) is 24.0. The molecule has 0 spiro atoms. The number of aromatic hydroxyl groups is 1. The number of ether oxygens (including phenoxy) is 2. The Morgan fingerprint density at radius 1 is 0.844 bits per heavy atom. The van der Waals surface area contributed by atoms with E-state index in [1.807, 2.05) is 31.3 Å². The van der Waals surface area contributed by atoms with Gasteiger partial charge in [-0.1, -0.05) is 18.2 Å². The molecule has 0 fully saturated rings. The molecule has 0 unspecified atom stereocenters. The Labute approximate surface area is 187 Å². The van der Waals surface area contributed by atoms with Crippen LogP contribution in [0.2, 0.25) is 0 Å². The van der Waals surface area contributed by atoms with Crippen molar-refractivity contribution >= 4 is 17.6 Å². The molecule has 0 aliphatic rings. The first-order valence-electron chi connectivity index (χ1n) is 10.1. The van der Waals surface area contributed by atoms with E-state index in [2.05, 4.69) is 21.4 Å². The highest BCUT2D eigenvalue weighted by molar-refractivity contribution is 5.94. The fourth-order valence-corrected chi connectivity index (χ4v) is 3.39. The third-order valence-electron chi connectivity index (χ3n) is 4.95. The van der Waals surface area contributed by atoms with E-state index in [4.69, 9.17) is 4.74 Å². The number of methoxy groups -OCH3 is 2. The zero-order chi connectivity index (χ0) is 23.1. The lowest BCUT2D eigenvalue weighted by Gasteiger charge is -2.13. The largest absolute Gasteiger partial charge is 0.507 e. The highest BCUT2D eigenvalue weighted by Gasteiger charge is 2.15. The fraction of sp³-hybridized carbons (Fsp3) is 0.200. The number of nitrogens with one attached hydrogen (secondary N) is 2. The number of benzene rings is 3. The topological polar surface area (TPSA) is 96.9 Å². The average Bonchev–Trinajstić information content (AvgIpc) is 2.82. The van der Waals surface area contributed by atoms with E-state index in [-0.39, 0.29) is 11.3 Å². The van der Waals surface area contributed by atoms with Gasteiger partial charge in [-0.25, -0.2) is 9.59 Å². The fourth-order valence-electron chi connectivity index (χ4n) is 3.39. The van der Waals surface area contributed by atoms with Crippen molar-refractivity contribution in [2.45, 2.75) is 13.1 Å². The average molecular weight is 434 g/mol. The van der Waals surface area contributed by atoms with Crippen molar-refractivity contribution < 1.29 is 24.2 Å². The minimum Gasteiger partial charge on any atom is -0.507 e. The molecule has 166 valence electrons. The predicted molar refractivity (Wildman–Crippen MR) is 123 cm³/mol. The van der Waals surface area contributed by atoms with Gasteiger partial charge in [-0.15, -0.1) is 0 Å². The number of esters is 2.